The molecule has 8 heteroatoms. The highest BCUT2D eigenvalue weighted by Gasteiger charge is 2.50. The van der Waals surface area contributed by atoms with Gasteiger partial charge in [0.2, 0.25) is 6.79 Å². The van der Waals surface area contributed by atoms with E-state index in [2.05, 4.69) is 38.3 Å². The van der Waals surface area contributed by atoms with E-state index in [1.807, 2.05) is 6.08 Å². The average Bonchev–Trinajstić information content (AvgIpc) is 3.28. The van der Waals surface area contributed by atoms with Crippen LogP contribution in [0.1, 0.15) is 99.8 Å². The molecule has 0 aromatic heterocycles. The summed E-state index contributed by atoms with van der Waals surface area (Å²) >= 11 is 0. The topological polar surface area (TPSA) is 123 Å². The van der Waals surface area contributed by atoms with Gasteiger partial charge in [0.05, 0.1) is 24.5 Å². The molecule has 3 fully saturated rings. The van der Waals surface area contributed by atoms with Crippen molar-refractivity contribution in [2.24, 2.45) is 28.6 Å². The predicted molar refractivity (Wildman–Crippen MR) is 169 cm³/mol. The van der Waals surface area contributed by atoms with Gasteiger partial charge in [-0.1, -0.05) is 44.1 Å². The lowest BCUT2D eigenvalue weighted by molar-refractivity contribution is -0.174. The van der Waals surface area contributed by atoms with Gasteiger partial charge in [-0.25, -0.2) is 0 Å². The number of esters is 2. The molecule has 3 N–H and O–H groups in total. The van der Waals surface area contributed by atoms with Gasteiger partial charge in [-0.05, 0) is 101 Å². The number of hydrogen-bond acceptors (Lipinski definition) is 8. The number of allylic oxidation sites excluding steroid dienone is 3. The molecule has 8 nitrogen and oxygen atoms in total. The summed E-state index contributed by atoms with van der Waals surface area (Å²) < 4.78 is 15.5. The lowest BCUT2D eigenvalue weighted by atomic mass is 9.61. The van der Waals surface area contributed by atoms with E-state index in [0.29, 0.717) is 29.7 Å². The van der Waals surface area contributed by atoms with Gasteiger partial charge in [0.1, 0.15) is 17.8 Å². The molecule has 44 heavy (non-hydrogen) atoms. The van der Waals surface area contributed by atoms with Gasteiger partial charge in [0, 0.05) is 12.8 Å². The normalized spacial score (nSPS) is 31.7. The Morgan fingerprint density at radius 2 is 1.84 bits per heavy atom. The smallest absolute Gasteiger partial charge is 0.314 e. The first-order chi connectivity index (χ1) is 20.4. The molecule has 0 heterocycles. The van der Waals surface area contributed by atoms with Gasteiger partial charge < -0.3 is 29.5 Å². The summed E-state index contributed by atoms with van der Waals surface area (Å²) in [5.74, 6) is 6.60. The average molecular weight is 615 g/mol. The summed E-state index contributed by atoms with van der Waals surface area (Å²) in [6.07, 6.45) is 7.85. The van der Waals surface area contributed by atoms with Gasteiger partial charge in [-0.3, -0.25) is 9.59 Å². The second-order valence-corrected chi connectivity index (χ2v) is 14.7. The van der Waals surface area contributed by atoms with Crippen LogP contribution in [0.15, 0.2) is 35.5 Å². The van der Waals surface area contributed by atoms with Crippen LogP contribution >= 0.6 is 0 Å². The fraction of sp³-hybridized carbons (Fsp3) is 0.722. The molecule has 0 bridgehead atoms. The van der Waals surface area contributed by atoms with Crippen molar-refractivity contribution >= 4 is 11.9 Å². The predicted octanol–water partition coefficient (Wildman–Crippen LogP) is 5.40. The number of carbonyl (C=O) groups is 2. The minimum absolute atomic E-state index is 0.0651. The molecule has 7 atom stereocenters. The van der Waals surface area contributed by atoms with Gasteiger partial charge in [0.15, 0.2) is 0 Å². The number of hydrogen-bond donors (Lipinski definition) is 3. The van der Waals surface area contributed by atoms with Crippen LogP contribution in [-0.4, -0.2) is 64.6 Å². The Morgan fingerprint density at radius 3 is 2.50 bits per heavy atom. The summed E-state index contributed by atoms with van der Waals surface area (Å²) in [5.41, 5.74) is 1.27. The fourth-order valence-electron chi connectivity index (χ4n) is 7.16. The molecule has 3 aliphatic carbocycles. The second kappa shape index (κ2) is 14.8. The lowest BCUT2D eigenvalue weighted by Crippen LogP contribution is -2.45. The highest BCUT2D eigenvalue weighted by atomic mass is 16.7. The van der Waals surface area contributed by atoms with Gasteiger partial charge in [-0.2, -0.15) is 0 Å². The monoisotopic (exact) mass is 614 g/mol. The first-order valence-electron chi connectivity index (χ1n) is 16.1. The van der Waals surface area contributed by atoms with Crippen molar-refractivity contribution in [3.63, 3.8) is 0 Å². The third kappa shape index (κ3) is 9.29. The second-order valence-electron chi connectivity index (χ2n) is 14.7. The Hall–Kier alpha value is -2.44. The minimum Gasteiger partial charge on any atom is -0.428 e. The first kappa shape index (κ1) is 36.0. The number of ether oxygens (including phenoxy) is 3. The van der Waals surface area contributed by atoms with E-state index in [-0.39, 0.29) is 18.4 Å². The Labute approximate surface area is 263 Å². The molecule has 3 rings (SSSR count). The molecule has 0 amide bonds. The number of aliphatic hydroxyl groups excluding tert-OH is 2. The maximum absolute atomic E-state index is 12.0. The van der Waals surface area contributed by atoms with Crippen LogP contribution in [-0.2, 0) is 23.8 Å². The summed E-state index contributed by atoms with van der Waals surface area (Å²) in [6.45, 7) is 16.8. The van der Waals surface area contributed by atoms with Crippen molar-refractivity contribution in [1.82, 2.24) is 0 Å². The Morgan fingerprint density at radius 1 is 1.14 bits per heavy atom. The van der Waals surface area contributed by atoms with Crippen LogP contribution in [0.2, 0.25) is 0 Å². The van der Waals surface area contributed by atoms with E-state index in [9.17, 15) is 24.9 Å². The molecular weight excluding hydrogens is 560 g/mol. The zero-order chi connectivity index (χ0) is 32.9. The quantitative estimate of drug-likeness (QED) is 0.179. The van der Waals surface area contributed by atoms with Gasteiger partial charge >= 0.3 is 11.9 Å². The summed E-state index contributed by atoms with van der Waals surface area (Å²) in [5, 5.41) is 31.7. The van der Waals surface area contributed by atoms with Crippen LogP contribution in [0.5, 0.6) is 0 Å². The Kier molecular flexibility index (Phi) is 12.1. The Bertz CT molecular complexity index is 1170. The first-order valence-corrected chi connectivity index (χ1v) is 16.1. The molecule has 0 saturated heterocycles. The molecular formula is C36H54O8. The maximum atomic E-state index is 12.0. The number of rotatable bonds is 9. The lowest BCUT2D eigenvalue weighted by Gasteiger charge is -2.44. The molecule has 0 aliphatic heterocycles. The zero-order valence-electron chi connectivity index (χ0n) is 27.8. The third-order valence-corrected chi connectivity index (χ3v) is 9.57. The highest BCUT2D eigenvalue weighted by molar-refractivity contribution is 5.75. The van der Waals surface area contributed by atoms with E-state index in [4.69, 9.17) is 14.2 Å². The molecule has 0 aromatic carbocycles. The number of carbonyl (C=O) groups excluding carboxylic acids is 2. The van der Waals surface area contributed by atoms with Crippen molar-refractivity contribution < 1.29 is 39.1 Å². The van der Waals surface area contributed by atoms with Crippen molar-refractivity contribution in [2.75, 3.05) is 13.4 Å². The minimum atomic E-state index is -1.11. The molecule has 0 radical (unpaired) electrons. The maximum Gasteiger partial charge on any atom is 0.314 e. The van der Waals surface area contributed by atoms with Crippen LogP contribution in [0.4, 0.5) is 0 Å². The molecule has 3 saturated carbocycles. The van der Waals surface area contributed by atoms with Crippen molar-refractivity contribution in [2.45, 2.75) is 124 Å². The van der Waals surface area contributed by atoms with E-state index in [1.54, 1.807) is 34.6 Å². The number of aliphatic hydroxyl groups is 3. The summed E-state index contributed by atoms with van der Waals surface area (Å²) in [6, 6.07) is 0. The van der Waals surface area contributed by atoms with Gasteiger partial charge in [-0.15, -0.1) is 5.92 Å². The standard InChI is InChI=1S/C36H54O8/c1-23(11-9-18-35(6,7)41)27-15-16-28-25(12-10-19-36(27,28)8)13-14-26-21-29(37)32(31(39)24(26)2)42-20-17-30(38)43-22-44-33(40)34(3,4)5/h13-14,23,27-29,31-32,37,39,41H,2,10-12,15-17,19-22H2,1,3-8H3/t23-,27-,28?,29-,31-,32+,36-/m1/s1. The third-order valence-electron chi connectivity index (χ3n) is 9.57. The van der Waals surface area contributed by atoms with Crippen LogP contribution in [0.3, 0.4) is 0 Å². The Balaban J connectivity index is 1.56. The molecule has 246 valence electrons. The molecule has 0 spiro atoms. The fourth-order valence-corrected chi connectivity index (χ4v) is 7.16. The zero-order valence-corrected chi connectivity index (χ0v) is 27.8. The van der Waals surface area contributed by atoms with E-state index in [0.717, 1.165) is 31.3 Å². The number of fused-ring (bicyclic) bond motifs is 1. The van der Waals surface area contributed by atoms with Crippen molar-refractivity contribution in [1.29, 1.82) is 0 Å². The van der Waals surface area contributed by atoms with Crippen molar-refractivity contribution in [3.8, 4) is 11.8 Å². The summed E-state index contributed by atoms with van der Waals surface area (Å²) in [4.78, 5) is 23.8. The van der Waals surface area contributed by atoms with E-state index in [1.165, 1.54) is 18.4 Å². The van der Waals surface area contributed by atoms with E-state index < -0.39 is 48.1 Å². The largest absolute Gasteiger partial charge is 0.428 e. The van der Waals surface area contributed by atoms with Crippen LogP contribution < -0.4 is 0 Å². The van der Waals surface area contributed by atoms with Crippen LogP contribution in [0, 0.1) is 40.4 Å². The molecule has 0 aromatic rings. The van der Waals surface area contributed by atoms with Crippen LogP contribution in [0.25, 0.3) is 0 Å². The highest BCUT2D eigenvalue weighted by Crippen LogP contribution is 2.59. The SMILES string of the molecule is C=C1C(=CC=C2CCC[C@@]3(C)C2CC[C@@H]3[C@H](C)CC#CC(C)(C)O)C[C@@H](O)[C@H](OCCC(=O)OCOC(=O)C(C)(C)C)[C@@H]1O. The van der Waals surface area contributed by atoms with E-state index >= 15 is 0 Å². The molecule has 1 unspecified atom stereocenters. The molecule has 3 aliphatic rings. The van der Waals surface area contributed by atoms with Crippen molar-refractivity contribution in [3.05, 3.63) is 35.5 Å². The summed E-state index contributed by atoms with van der Waals surface area (Å²) in [7, 11) is 0. The van der Waals surface area contributed by atoms with Gasteiger partial charge in [0.25, 0.3) is 0 Å².